The average molecular weight is 488 g/mol. The Bertz CT molecular complexity index is 1400. The second kappa shape index (κ2) is 8.74. The number of hydrogen-bond donors (Lipinski definition) is 0. The maximum atomic E-state index is 13.4. The lowest BCUT2D eigenvalue weighted by atomic mass is 10.0. The van der Waals surface area contributed by atoms with Crippen LogP contribution in [-0.2, 0) is 19.6 Å². The first-order valence-corrected chi connectivity index (χ1v) is 12.4. The van der Waals surface area contributed by atoms with Crippen LogP contribution in [0.15, 0.2) is 54.9 Å². The molecule has 0 atom stereocenters. The third-order valence-electron chi connectivity index (χ3n) is 6.54. The first-order valence-electron chi connectivity index (χ1n) is 11.5. The Morgan fingerprint density at radius 1 is 1.06 bits per heavy atom. The van der Waals surface area contributed by atoms with Crippen LogP contribution < -0.4 is 19.3 Å². The maximum absolute atomic E-state index is 13.4. The molecule has 4 aromatic rings. The monoisotopic (exact) mass is 487 g/mol. The standard InChI is InChI=1S/C26H25N5O3S/c1-33-20-11-10-17(13-21(20)34-2)14-29-16-31-23(27-15-28-31)22-19-9-6-12-30(25(19)35-26(22)29)24(32)18-7-4-3-5-8-18/h3-5,7-8,10-11,13,15H,6,9,12,14,16H2,1-2H3. The fourth-order valence-electron chi connectivity index (χ4n) is 4.90. The molecule has 1 amide bonds. The molecule has 35 heavy (non-hydrogen) atoms. The van der Waals surface area contributed by atoms with Crippen LogP contribution in [0.25, 0.3) is 11.4 Å². The summed E-state index contributed by atoms with van der Waals surface area (Å²) in [5.41, 5.74) is 4.09. The third-order valence-corrected chi connectivity index (χ3v) is 7.85. The van der Waals surface area contributed by atoms with E-state index < -0.39 is 0 Å². The number of fused-ring (bicyclic) bond motifs is 5. The van der Waals surface area contributed by atoms with Crippen molar-refractivity contribution in [3.8, 4) is 22.9 Å². The second-order valence-electron chi connectivity index (χ2n) is 8.60. The Balaban J connectivity index is 1.41. The van der Waals surface area contributed by atoms with Crippen molar-refractivity contribution < 1.29 is 14.3 Å². The van der Waals surface area contributed by atoms with Crippen LogP contribution in [-0.4, -0.2) is 41.4 Å². The molecule has 178 valence electrons. The minimum Gasteiger partial charge on any atom is -0.493 e. The summed E-state index contributed by atoms with van der Waals surface area (Å²) in [6.45, 7) is 1.96. The first kappa shape index (κ1) is 21.7. The van der Waals surface area contributed by atoms with Gasteiger partial charge in [0.1, 0.15) is 23.0 Å². The fourth-order valence-corrected chi connectivity index (χ4v) is 6.26. The van der Waals surface area contributed by atoms with Crippen LogP contribution in [0.3, 0.4) is 0 Å². The molecular formula is C26H25N5O3S. The zero-order valence-electron chi connectivity index (χ0n) is 19.6. The lowest BCUT2D eigenvalue weighted by molar-refractivity contribution is 0.0986. The quantitative estimate of drug-likeness (QED) is 0.410. The molecule has 9 heteroatoms. The number of ether oxygens (including phenoxy) is 2. The average Bonchev–Trinajstić information content (AvgIpc) is 3.53. The molecule has 0 saturated carbocycles. The number of anilines is 2. The van der Waals surface area contributed by atoms with E-state index in [9.17, 15) is 4.79 Å². The van der Waals surface area contributed by atoms with Gasteiger partial charge >= 0.3 is 0 Å². The summed E-state index contributed by atoms with van der Waals surface area (Å²) in [6.07, 6.45) is 3.44. The van der Waals surface area contributed by atoms with Crippen molar-refractivity contribution in [2.24, 2.45) is 0 Å². The minimum atomic E-state index is 0.0399. The molecule has 2 aromatic heterocycles. The SMILES string of the molecule is COc1ccc(CN2Cn3ncnc3-c3c2sc2c3CCCN2C(=O)c2ccccc2)cc1OC. The highest BCUT2D eigenvalue weighted by molar-refractivity contribution is 7.21. The number of hydrogen-bond acceptors (Lipinski definition) is 7. The number of benzene rings is 2. The predicted molar refractivity (Wildman–Crippen MR) is 136 cm³/mol. The number of carbonyl (C=O) groups is 1. The van der Waals surface area contributed by atoms with E-state index in [4.69, 9.17) is 9.47 Å². The van der Waals surface area contributed by atoms with Gasteiger partial charge in [0.2, 0.25) is 0 Å². The van der Waals surface area contributed by atoms with Gasteiger partial charge in [-0.25, -0.2) is 9.67 Å². The summed E-state index contributed by atoms with van der Waals surface area (Å²) in [5.74, 6) is 2.32. The van der Waals surface area contributed by atoms with Gasteiger partial charge in [-0.3, -0.25) is 9.69 Å². The highest BCUT2D eigenvalue weighted by atomic mass is 32.1. The van der Waals surface area contributed by atoms with E-state index in [0.29, 0.717) is 36.8 Å². The molecule has 8 nitrogen and oxygen atoms in total. The van der Waals surface area contributed by atoms with Crippen LogP contribution in [0.1, 0.15) is 27.9 Å². The summed E-state index contributed by atoms with van der Waals surface area (Å²) in [4.78, 5) is 22.3. The molecule has 0 saturated heterocycles. The van der Waals surface area contributed by atoms with Crippen LogP contribution in [0, 0.1) is 0 Å². The van der Waals surface area contributed by atoms with E-state index in [2.05, 4.69) is 21.0 Å². The molecule has 0 aliphatic carbocycles. The van der Waals surface area contributed by atoms with Gasteiger partial charge in [-0.15, -0.1) is 0 Å². The van der Waals surface area contributed by atoms with Crippen LogP contribution in [0.4, 0.5) is 10.0 Å². The smallest absolute Gasteiger partial charge is 0.258 e. The van der Waals surface area contributed by atoms with Gasteiger partial charge in [-0.2, -0.15) is 5.10 Å². The molecule has 0 N–H and O–H groups in total. The molecule has 6 rings (SSSR count). The van der Waals surface area contributed by atoms with Crippen molar-refractivity contribution in [1.82, 2.24) is 14.8 Å². The van der Waals surface area contributed by atoms with Crippen molar-refractivity contribution >= 4 is 27.2 Å². The molecule has 2 aliphatic rings. The van der Waals surface area contributed by atoms with Crippen LogP contribution in [0.5, 0.6) is 11.5 Å². The van der Waals surface area contributed by atoms with Gasteiger partial charge in [0.05, 0.1) is 19.8 Å². The summed E-state index contributed by atoms with van der Waals surface area (Å²) in [5, 5.41) is 6.62. The normalized spacial score (nSPS) is 14.2. The molecular weight excluding hydrogens is 462 g/mol. The number of carbonyl (C=O) groups excluding carboxylic acids is 1. The van der Waals surface area contributed by atoms with Gasteiger partial charge < -0.3 is 14.4 Å². The van der Waals surface area contributed by atoms with Crippen molar-refractivity contribution in [3.63, 3.8) is 0 Å². The highest BCUT2D eigenvalue weighted by Crippen LogP contribution is 2.51. The lowest BCUT2D eigenvalue weighted by Crippen LogP contribution is -2.34. The van der Waals surface area contributed by atoms with E-state index in [1.165, 1.54) is 5.56 Å². The Morgan fingerprint density at radius 3 is 2.69 bits per heavy atom. The topological polar surface area (TPSA) is 72.7 Å². The van der Waals surface area contributed by atoms with Gasteiger partial charge in [0.25, 0.3) is 5.91 Å². The number of nitrogens with zero attached hydrogens (tertiary/aromatic N) is 5. The predicted octanol–water partition coefficient (Wildman–Crippen LogP) is 4.59. The van der Waals surface area contributed by atoms with Gasteiger partial charge in [0.15, 0.2) is 17.3 Å². The molecule has 0 bridgehead atoms. The minimum absolute atomic E-state index is 0.0399. The molecule has 0 unspecified atom stereocenters. The van der Waals surface area contributed by atoms with Gasteiger partial charge in [0, 0.05) is 24.2 Å². The van der Waals surface area contributed by atoms with Crippen molar-refractivity contribution in [2.45, 2.75) is 26.1 Å². The van der Waals surface area contributed by atoms with E-state index in [1.807, 2.05) is 52.0 Å². The number of thiophene rings is 1. The third kappa shape index (κ3) is 3.63. The second-order valence-corrected chi connectivity index (χ2v) is 9.58. The summed E-state index contributed by atoms with van der Waals surface area (Å²) in [7, 11) is 3.29. The van der Waals surface area contributed by atoms with E-state index in [-0.39, 0.29) is 5.91 Å². The number of rotatable bonds is 5. The van der Waals surface area contributed by atoms with Crippen LogP contribution in [0.2, 0.25) is 0 Å². The van der Waals surface area contributed by atoms with E-state index >= 15 is 0 Å². The summed E-state index contributed by atoms with van der Waals surface area (Å²) in [6, 6.07) is 15.5. The van der Waals surface area contributed by atoms with Crippen LogP contribution >= 0.6 is 11.3 Å². The molecule has 2 aliphatic heterocycles. The van der Waals surface area contributed by atoms with Crippen molar-refractivity contribution in [3.05, 3.63) is 71.5 Å². The Labute approximate surface area is 207 Å². The summed E-state index contributed by atoms with van der Waals surface area (Å²) < 4.78 is 12.9. The van der Waals surface area contributed by atoms with E-state index in [0.717, 1.165) is 39.8 Å². The zero-order chi connectivity index (χ0) is 23.9. The Kier molecular flexibility index (Phi) is 5.41. The molecule has 0 fully saturated rings. The Hall–Kier alpha value is -3.85. The number of methoxy groups -OCH3 is 2. The number of amides is 1. The fraction of sp³-hybridized carbons (Fsp3) is 0.269. The molecule has 0 spiro atoms. The number of aromatic nitrogens is 3. The van der Waals surface area contributed by atoms with Gasteiger partial charge in [-0.05, 0) is 42.7 Å². The molecule has 4 heterocycles. The molecule has 0 radical (unpaired) electrons. The van der Waals surface area contributed by atoms with Crippen molar-refractivity contribution in [2.75, 3.05) is 30.6 Å². The highest BCUT2D eigenvalue weighted by Gasteiger charge is 2.36. The van der Waals surface area contributed by atoms with Crippen molar-refractivity contribution in [1.29, 1.82) is 0 Å². The van der Waals surface area contributed by atoms with Gasteiger partial charge in [-0.1, -0.05) is 35.6 Å². The first-order chi connectivity index (χ1) is 17.2. The zero-order valence-corrected chi connectivity index (χ0v) is 20.4. The lowest BCUT2D eigenvalue weighted by Gasteiger charge is -2.29. The Morgan fingerprint density at radius 2 is 1.89 bits per heavy atom. The maximum Gasteiger partial charge on any atom is 0.258 e. The van der Waals surface area contributed by atoms with E-state index in [1.54, 1.807) is 31.9 Å². The largest absolute Gasteiger partial charge is 0.493 e. The molecule has 2 aromatic carbocycles. The summed E-state index contributed by atoms with van der Waals surface area (Å²) >= 11 is 1.67.